The molecule has 1 saturated heterocycles. The highest BCUT2D eigenvalue weighted by molar-refractivity contribution is 5.17. The van der Waals surface area contributed by atoms with Gasteiger partial charge in [-0.15, -0.1) is 0 Å². The van der Waals surface area contributed by atoms with Gasteiger partial charge in [0.25, 0.3) is 0 Å². The minimum Gasteiger partial charge on any atom is -0.326 e. The predicted octanol–water partition coefficient (Wildman–Crippen LogP) is 0.405. The molecule has 5 nitrogen and oxygen atoms in total. The number of rotatable bonds is 4. The van der Waals surface area contributed by atoms with E-state index in [4.69, 9.17) is 5.73 Å². The molecule has 0 unspecified atom stereocenters. The van der Waals surface area contributed by atoms with Crippen molar-refractivity contribution in [1.82, 2.24) is 19.6 Å². The van der Waals surface area contributed by atoms with Crippen molar-refractivity contribution in [3.63, 3.8) is 0 Å². The molecular weight excluding hydrogens is 226 g/mol. The van der Waals surface area contributed by atoms with Crippen molar-refractivity contribution in [2.45, 2.75) is 33.0 Å². The highest BCUT2D eigenvalue weighted by Gasteiger charge is 2.20. The molecule has 0 amide bonds. The van der Waals surface area contributed by atoms with Crippen LogP contribution >= 0.6 is 0 Å². The lowest BCUT2D eigenvalue weighted by atomic mass is 10.2. The van der Waals surface area contributed by atoms with Gasteiger partial charge in [0.15, 0.2) is 0 Å². The third-order valence-corrected chi connectivity index (χ3v) is 3.88. The average molecular weight is 251 g/mol. The molecule has 2 rings (SSSR count). The van der Waals surface area contributed by atoms with Crippen LogP contribution in [0.2, 0.25) is 0 Å². The second-order valence-electron chi connectivity index (χ2n) is 5.35. The zero-order valence-corrected chi connectivity index (χ0v) is 11.8. The Hall–Kier alpha value is -0.910. The van der Waals surface area contributed by atoms with E-state index >= 15 is 0 Å². The standard InChI is InChI=1S/C13H25N5/c1-11(2)18-6-4-17(5-7-18)10-13-12(8-14)9-15-16(13)3/h9,11H,4-8,10,14H2,1-3H3. The third kappa shape index (κ3) is 2.91. The van der Waals surface area contributed by atoms with Gasteiger partial charge in [0.05, 0.1) is 11.9 Å². The lowest BCUT2D eigenvalue weighted by Gasteiger charge is -2.37. The Morgan fingerprint density at radius 3 is 2.50 bits per heavy atom. The first-order valence-corrected chi connectivity index (χ1v) is 6.78. The summed E-state index contributed by atoms with van der Waals surface area (Å²) < 4.78 is 1.96. The van der Waals surface area contributed by atoms with Crippen LogP contribution in [0.1, 0.15) is 25.1 Å². The molecular formula is C13H25N5. The van der Waals surface area contributed by atoms with Crippen LogP contribution in [0.5, 0.6) is 0 Å². The molecule has 1 aliphatic heterocycles. The molecule has 1 aromatic rings. The summed E-state index contributed by atoms with van der Waals surface area (Å²) in [7, 11) is 2.00. The number of hydrogen-bond acceptors (Lipinski definition) is 4. The first-order chi connectivity index (χ1) is 8.61. The van der Waals surface area contributed by atoms with Crippen LogP contribution in [-0.4, -0.2) is 51.8 Å². The Kier molecular flexibility index (Phi) is 4.37. The topological polar surface area (TPSA) is 50.3 Å². The van der Waals surface area contributed by atoms with E-state index in [0.29, 0.717) is 12.6 Å². The summed E-state index contributed by atoms with van der Waals surface area (Å²) in [4.78, 5) is 5.03. The van der Waals surface area contributed by atoms with Crippen LogP contribution in [0.3, 0.4) is 0 Å². The van der Waals surface area contributed by atoms with Gasteiger partial charge in [-0.25, -0.2) is 0 Å². The summed E-state index contributed by atoms with van der Waals surface area (Å²) in [6.45, 7) is 10.7. The molecule has 2 N–H and O–H groups in total. The zero-order valence-electron chi connectivity index (χ0n) is 11.8. The maximum absolute atomic E-state index is 5.75. The smallest absolute Gasteiger partial charge is 0.0565 e. The van der Waals surface area contributed by atoms with Crippen LogP contribution < -0.4 is 5.73 Å². The fourth-order valence-electron chi connectivity index (χ4n) is 2.53. The van der Waals surface area contributed by atoms with E-state index in [0.717, 1.165) is 32.7 Å². The van der Waals surface area contributed by atoms with Gasteiger partial charge in [0.2, 0.25) is 0 Å². The van der Waals surface area contributed by atoms with E-state index in [2.05, 4.69) is 28.7 Å². The van der Waals surface area contributed by atoms with Crippen molar-refractivity contribution in [3.8, 4) is 0 Å². The van der Waals surface area contributed by atoms with E-state index in [1.54, 1.807) is 0 Å². The first kappa shape index (κ1) is 13.5. The maximum Gasteiger partial charge on any atom is 0.0565 e. The van der Waals surface area contributed by atoms with Gasteiger partial charge in [0.1, 0.15) is 0 Å². The molecule has 0 atom stereocenters. The van der Waals surface area contributed by atoms with Gasteiger partial charge in [-0.3, -0.25) is 14.5 Å². The quantitative estimate of drug-likeness (QED) is 0.842. The molecule has 0 saturated carbocycles. The average Bonchev–Trinajstić information content (AvgIpc) is 2.71. The summed E-state index contributed by atoms with van der Waals surface area (Å²) in [5.41, 5.74) is 8.18. The van der Waals surface area contributed by atoms with E-state index in [1.807, 2.05) is 17.9 Å². The Morgan fingerprint density at radius 1 is 1.28 bits per heavy atom. The van der Waals surface area contributed by atoms with Crippen LogP contribution in [0.15, 0.2) is 6.20 Å². The van der Waals surface area contributed by atoms with E-state index in [-0.39, 0.29) is 0 Å². The van der Waals surface area contributed by atoms with Crippen LogP contribution in [0.4, 0.5) is 0 Å². The summed E-state index contributed by atoms with van der Waals surface area (Å²) in [5.74, 6) is 0. The van der Waals surface area contributed by atoms with Gasteiger partial charge in [0, 0.05) is 57.9 Å². The molecule has 0 aliphatic carbocycles. The van der Waals surface area contributed by atoms with Crippen LogP contribution in [0.25, 0.3) is 0 Å². The maximum atomic E-state index is 5.75. The molecule has 0 bridgehead atoms. The van der Waals surface area contributed by atoms with E-state index in [1.165, 1.54) is 11.3 Å². The number of aryl methyl sites for hydroxylation is 1. The zero-order chi connectivity index (χ0) is 13.1. The summed E-state index contributed by atoms with van der Waals surface area (Å²) in [6, 6.07) is 0.656. The molecule has 1 aromatic heterocycles. The van der Waals surface area contributed by atoms with Crippen molar-refractivity contribution in [2.24, 2.45) is 12.8 Å². The number of piperazine rings is 1. The highest BCUT2D eigenvalue weighted by Crippen LogP contribution is 2.13. The number of nitrogens with two attached hydrogens (primary N) is 1. The predicted molar refractivity (Wildman–Crippen MR) is 73.1 cm³/mol. The normalized spacial score (nSPS) is 18.7. The van der Waals surface area contributed by atoms with Crippen LogP contribution in [-0.2, 0) is 20.1 Å². The van der Waals surface area contributed by atoms with Crippen molar-refractivity contribution in [1.29, 1.82) is 0 Å². The van der Waals surface area contributed by atoms with E-state index < -0.39 is 0 Å². The lowest BCUT2D eigenvalue weighted by Crippen LogP contribution is -2.48. The molecule has 18 heavy (non-hydrogen) atoms. The fraction of sp³-hybridized carbons (Fsp3) is 0.769. The second kappa shape index (κ2) is 5.82. The van der Waals surface area contributed by atoms with Gasteiger partial charge in [-0.05, 0) is 13.8 Å². The Morgan fingerprint density at radius 2 is 1.94 bits per heavy atom. The van der Waals surface area contributed by atoms with Crippen LogP contribution in [0, 0.1) is 0 Å². The first-order valence-electron chi connectivity index (χ1n) is 6.78. The molecule has 1 aliphatic rings. The molecule has 5 heteroatoms. The Bertz CT molecular complexity index is 377. The Balaban J connectivity index is 1.93. The Labute approximate surface area is 110 Å². The van der Waals surface area contributed by atoms with Crippen molar-refractivity contribution in [2.75, 3.05) is 26.2 Å². The number of aromatic nitrogens is 2. The van der Waals surface area contributed by atoms with Gasteiger partial charge >= 0.3 is 0 Å². The summed E-state index contributed by atoms with van der Waals surface area (Å²) in [5, 5.41) is 4.30. The minimum atomic E-state index is 0.579. The molecule has 2 heterocycles. The minimum absolute atomic E-state index is 0.579. The molecule has 102 valence electrons. The molecule has 0 aromatic carbocycles. The summed E-state index contributed by atoms with van der Waals surface area (Å²) in [6.07, 6.45) is 1.89. The van der Waals surface area contributed by atoms with Gasteiger partial charge in [-0.2, -0.15) is 5.10 Å². The largest absolute Gasteiger partial charge is 0.326 e. The van der Waals surface area contributed by atoms with Gasteiger partial charge < -0.3 is 5.73 Å². The van der Waals surface area contributed by atoms with Crippen molar-refractivity contribution >= 4 is 0 Å². The summed E-state index contributed by atoms with van der Waals surface area (Å²) >= 11 is 0. The molecule has 0 spiro atoms. The molecule has 0 radical (unpaired) electrons. The monoisotopic (exact) mass is 251 g/mol. The third-order valence-electron chi connectivity index (χ3n) is 3.88. The van der Waals surface area contributed by atoms with Crippen molar-refractivity contribution < 1.29 is 0 Å². The fourth-order valence-corrected chi connectivity index (χ4v) is 2.53. The lowest BCUT2D eigenvalue weighted by molar-refractivity contribution is 0.102. The SMILES string of the molecule is CC(C)N1CCN(Cc2c(CN)cnn2C)CC1. The second-order valence-corrected chi connectivity index (χ2v) is 5.35. The number of hydrogen-bond donors (Lipinski definition) is 1. The highest BCUT2D eigenvalue weighted by atomic mass is 15.3. The van der Waals surface area contributed by atoms with E-state index in [9.17, 15) is 0 Å². The van der Waals surface area contributed by atoms with Crippen molar-refractivity contribution in [3.05, 3.63) is 17.5 Å². The van der Waals surface area contributed by atoms with Gasteiger partial charge in [-0.1, -0.05) is 0 Å². The number of nitrogens with zero attached hydrogens (tertiary/aromatic N) is 4. The molecule has 1 fully saturated rings.